The molecule has 0 aromatic heterocycles. The molecule has 0 saturated carbocycles. The van der Waals surface area contributed by atoms with Crippen LogP contribution in [0.1, 0.15) is 43.2 Å². The van der Waals surface area contributed by atoms with Crippen molar-refractivity contribution in [3.05, 3.63) is 29.3 Å². The van der Waals surface area contributed by atoms with Crippen LogP contribution in [-0.2, 0) is 16.0 Å². The molecule has 0 spiro atoms. The second kappa shape index (κ2) is 7.29. The number of rotatable bonds is 6. The number of amides is 1. The van der Waals surface area contributed by atoms with Crippen LogP contribution in [0.4, 0.5) is 0 Å². The van der Waals surface area contributed by atoms with Gasteiger partial charge >= 0.3 is 5.97 Å². The van der Waals surface area contributed by atoms with Crippen molar-refractivity contribution in [2.24, 2.45) is 0 Å². The molecule has 1 aliphatic rings. The summed E-state index contributed by atoms with van der Waals surface area (Å²) in [5.74, 6) is -0.578. The highest BCUT2D eigenvalue weighted by molar-refractivity contribution is 5.87. The Morgan fingerprint density at radius 3 is 2.82 bits per heavy atom. The van der Waals surface area contributed by atoms with Gasteiger partial charge in [0, 0.05) is 6.54 Å². The average Bonchev–Trinajstić information content (AvgIpc) is 2.52. The van der Waals surface area contributed by atoms with E-state index in [1.54, 1.807) is 7.11 Å². The van der Waals surface area contributed by atoms with Gasteiger partial charge in [0.25, 0.3) is 0 Å². The summed E-state index contributed by atoms with van der Waals surface area (Å²) in [5.41, 5.74) is 2.15. The van der Waals surface area contributed by atoms with E-state index in [4.69, 9.17) is 9.84 Å². The number of carboxylic acids is 1. The highest BCUT2D eigenvalue weighted by Crippen LogP contribution is 2.35. The molecular formula is C17H23NO4. The molecule has 0 saturated heterocycles. The lowest BCUT2D eigenvalue weighted by molar-refractivity contribution is -0.145. The van der Waals surface area contributed by atoms with Crippen LogP contribution in [-0.4, -0.2) is 42.1 Å². The summed E-state index contributed by atoms with van der Waals surface area (Å²) in [6.07, 6.45) is 3.41. The molecule has 1 unspecified atom stereocenters. The summed E-state index contributed by atoms with van der Waals surface area (Å²) in [5, 5.41) is 9.02. The SMILES string of the molecule is CCCN(CC(=O)O)C(=O)C1CCCc2ccc(OC)cc21. The number of hydrogen-bond donors (Lipinski definition) is 1. The number of hydrogen-bond acceptors (Lipinski definition) is 3. The van der Waals surface area contributed by atoms with Gasteiger partial charge in [-0.25, -0.2) is 0 Å². The van der Waals surface area contributed by atoms with Crippen molar-refractivity contribution in [1.29, 1.82) is 0 Å². The van der Waals surface area contributed by atoms with Crippen LogP contribution in [0.15, 0.2) is 18.2 Å². The van der Waals surface area contributed by atoms with Crippen molar-refractivity contribution < 1.29 is 19.4 Å². The Balaban J connectivity index is 2.28. The fourth-order valence-corrected chi connectivity index (χ4v) is 3.08. The van der Waals surface area contributed by atoms with Gasteiger partial charge in [-0.1, -0.05) is 13.0 Å². The van der Waals surface area contributed by atoms with E-state index in [1.165, 1.54) is 4.90 Å². The number of methoxy groups -OCH3 is 1. The zero-order chi connectivity index (χ0) is 16.1. The first-order chi connectivity index (χ1) is 10.6. The smallest absolute Gasteiger partial charge is 0.323 e. The van der Waals surface area contributed by atoms with Crippen LogP contribution in [0.2, 0.25) is 0 Å². The normalized spacial score (nSPS) is 16.7. The molecule has 120 valence electrons. The van der Waals surface area contributed by atoms with Gasteiger partial charge in [0.1, 0.15) is 12.3 Å². The van der Waals surface area contributed by atoms with E-state index in [0.717, 1.165) is 42.6 Å². The van der Waals surface area contributed by atoms with E-state index in [-0.39, 0.29) is 18.4 Å². The maximum atomic E-state index is 12.8. The predicted octanol–water partition coefficient (Wildman–Crippen LogP) is 2.44. The lowest BCUT2D eigenvalue weighted by atomic mass is 9.82. The molecule has 0 radical (unpaired) electrons. The number of carbonyl (C=O) groups is 2. The van der Waals surface area contributed by atoms with Gasteiger partial charge in [0.2, 0.25) is 5.91 Å². The molecule has 1 amide bonds. The molecule has 1 N–H and O–H groups in total. The monoisotopic (exact) mass is 305 g/mol. The lowest BCUT2D eigenvalue weighted by Crippen LogP contribution is -2.40. The summed E-state index contributed by atoms with van der Waals surface area (Å²) >= 11 is 0. The summed E-state index contributed by atoms with van der Waals surface area (Å²) in [6, 6.07) is 5.84. The number of benzene rings is 1. The van der Waals surface area contributed by atoms with Gasteiger partial charge in [-0.3, -0.25) is 9.59 Å². The van der Waals surface area contributed by atoms with E-state index in [9.17, 15) is 9.59 Å². The molecule has 1 atom stereocenters. The van der Waals surface area contributed by atoms with E-state index in [1.807, 2.05) is 25.1 Å². The Bertz CT molecular complexity index is 556. The number of carboxylic acid groups (broad SMARTS) is 1. The van der Waals surface area contributed by atoms with Crippen molar-refractivity contribution in [3.63, 3.8) is 0 Å². The summed E-state index contributed by atoms with van der Waals surface area (Å²) < 4.78 is 5.26. The molecule has 0 bridgehead atoms. The number of carbonyl (C=O) groups excluding carboxylic acids is 1. The summed E-state index contributed by atoms with van der Waals surface area (Å²) in [4.78, 5) is 25.3. The largest absolute Gasteiger partial charge is 0.497 e. The topological polar surface area (TPSA) is 66.8 Å². The van der Waals surface area contributed by atoms with E-state index in [2.05, 4.69) is 0 Å². The zero-order valence-electron chi connectivity index (χ0n) is 13.2. The van der Waals surface area contributed by atoms with Gasteiger partial charge < -0.3 is 14.7 Å². The number of nitrogens with zero attached hydrogens (tertiary/aromatic N) is 1. The van der Waals surface area contributed by atoms with E-state index < -0.39 is 5.97 Å². The van der Waals surface area contributed by atoms with Crippen LogP contribution >= 0.6 is 0 Å². The fourth-order valence-electron chi connectivity index (χ4n) is 3.08. The van der Waals surface area contributed by atoms with Crippen molar-refractivity contribution in [2.75, 3.05) is 20.2 Å². The average molecular weight is 305 g/mol. The van der Waals surface area contributed by atoms with Crippen molar-refractivity contribution in [1.82, 2.24) is 4.90 Å². The Kier molecular flexibility index (Phi) is 5.41. The fraction of sp³-hybridized carbons (Fsp3) is 0.529. The lowest BCUT2D eigenvalue weighted by Gasteiger charge is -2.30. The van der Waals surface area contributed by atoms with E-state index in [0.29, 0.717) is 6.54 Å². The zero-order valence-corrected chi connectivity index (χ0v) is 13.2. The van der Waals surface area contributed by atoms with Gasteiger partial charge in [-0.15, -0.1) is 0 Å². The first-order valence-electron chi connectivity index (χ1n) is 7.74. The van der Waals surface area contributed by atoms with Crippen molar-refractivity contribution >= 4 is 11.9 Å². The minimum atomic E-state index is -0.969. The minimum absolute atomic E-state index is 0.0848. The summed E-state index contributed by atoms with van der Waals surface area (Å²) in [7, 11) is 1.61. The highest BCUT2D eigenvalue weighted by atomic mass is 16.5. The first kappa shape index (κ1) is 16.3. The third-order valence-corrected chi connectivity index (χ3v) is 4.10. The quantitative estimate of drug-likeness (QED) is 0.876. The second-order valence-electron chi connectivity index (χ2n) is 5.66. The van der Waals surface area contributed by atoms with Crippen LogP contribution < -0.4 is 4.74 Å². The third-order valence-electron chi connectivity index (χ3n) is 4.10. The second-order valence-corrected chi connectivity index (χ2v) is 5.66. The number of fused-ring (bicyclic) bond motifs is 1. The van der Waals surface area contributed by atoms with Crippen LogP contribution in [0, 0.1) is 0 Å². The molecule has 5 nitrogen and oxygen atoms in total. The molecule has 1 aromatic rings. The van der Waals surface area contributed by atoms with Crippen LogP contribution in [0.5, 0.6) is 5.75 Å². The minimum Gasteiger partial charge on any atom is -0.497 e. The predicted molar refractivity (Wildman–Crippen MR) is 83.2 cm³/mol. The molecule has 0 fully saturated rings. The Morgan fingerprint density at radius 1 is 1.41 bits per heavy atom. The maximum absolute atomic E-state index is 12.8. The Hall–Kier alpha value is -2.04. The van der Waals surface area contributed by atoms with Crippen molar-refractivity contribution in [2.45, 2.75) is 38.5 Å². The molecule has 0 heterocycles. The number of aryl methyl sites for hydroxylation is 1. The molecule has 2 rings (SSSR count). The third kappa shape index (κ3) is 3.59. The summed E-state index contributed by atoms with van der Waals surface area (Å²) in [6.45, 7) is 2.18. The molecular weight excluding hydrogens is 282 g/mol. The standard InChI is InChI=1S/C17H23NO4/c1-3-9-18(11-16(19)20)17(21)14-6-4-5-12-7-8-13(22-2)10-15(12)14/h7-8,10,14H,3-6,9,11H2,1-2H3,(H,19,20). The molecule has 5 heteroatoms. The van der Waals surface area contributed by atoms with Crippen LogP contribution in [0.25, 0.3) is 0 Å². The molecule has 1 aliphatic carbocycles. The highest BCUT2D eigenvalue weighted by Gasteiger charge is 2.30. The van der Waals surface area contributed by atoms with Gasteiger partial charge in [0.05, 0.1) is 13.0 Å². The maximum Gasteiger partial charge on any atom is 0.323 e. The number of aliphatic carboxylic acids is 1. The Morgan fingerprint density at radius 2 is 2.18 bits per heavy atom. The molecule has 0 aliphatic heterocycles. The van der Waals surface area contributed by atoms with Crippen LogP contribution in [0.3, 0.4) is 0 Å². The number of ether oxygens (including phenoxy) is 1. The molecule has 1 aromatic carbocycles. The first-order valence-corrected chi connectivity index (χ1v) is 7.74. The van der Waals surface area contributed by atoms with E-state index >= 15 is 0 Å². The van der Waals surface area contributed by atoms with Crippen molar-refractivity contribution in [3.8, 4) is 5.75 Å². The van der Waals surface area contributed by atoms with Gasteiger partial charge in [-0.05, 0) is 48.9 Å². The van der Waals surface area contributed by atoms with Gasteiger partial charge in [0.15, 0.2) is 0 Å². The Labute approximate surface area is 130 Å². The van der Waals surface area contributed by atoms with Gasteiger partial charge in [-0.2, -0.15) is 0 Å². The molecule has 22 heavy (non-hydrogen) atoms.